The molecule has 0 spiro atoms. The number of amides is 1. The van der Waals surface area contributed by atoms with Crippen LogP contribution in [-0.2, 0) is 6.42 Å². The van der Waals surface area contributed by atoms with Crippen molar-refractivity contribution in [3.05, 3.63) is 65.4 Å². The van der Waals surface area contributed by atoms with Gasteiger partial charge >= 0.3 is 0 Å². The second-order valence-electron chi connectivity index (χ2n) is 10.6. The number of hydrogen-bond acceptors (Lipinski definition) is 3. The molecule has 1 aliphatic rings. The number of nitrogens with zero attached hydrogens (tertiary/aromatic N) is 1. The lowest BCUT2D eigenvalue weighted by atomic mass is 9.95. The van der Waals surface area contributed by atoms with Gasteiger partial charge in [0, 0.05) is 40.7 Å². The maximum absolute atomic E-state index is 13.9. The number of carbonyl (C=O) groups excluding carboxylic acids is 1. The Bertz CT molecular complexity index is 1450. The molecule has 1 atom stereocenters. The first-order valence-electron chi connectivity index (χ1n) is 12.6. The first kappa shape index (κ1) is 24.5. The van der Waals surface area contributed by atoms with Gasteiger partial charge < -0.3 is 19.4 Å². The molecule has 0 radical (unpaired) electrons. The third-order valence-corrected chi connectivity index (χ3v) is 7.10. The highest BCUT2D eigenvalue weighted by Crippen LogP contribution is 2.47. The van der Waals surface area contributed by atoms with Crippen molar-refractivity contribution in [3.8, 4) is 11.5 Å². The van der Waals surface area contributed by atoms with Crippen LogP contribution in [0.25, 0.3) is 21.7 Å². The van der Waals surface area contributed by atoms with Crippen LogP contribution in [0.2, 0.25) is 0 Å². The number of fused-ring (bicyclic) bond motifs is 4. The fourth-order valence-corrected chi connectivity index (χ4v) is 5.44. The Balaban J connectivity index is 1.64. The van der Waals surface area contributed by atoms with Crippen molar-refractivity contribution < 1.29 is 14.3 Å². The van der Waals surface area contributed by atoms with Gasteiger partial charge in [0.05, 0.1) is 12.8 Å². The van der Waals surface area contributed by atoms with Gasteiger partial charge in [-0.15, -0.1) is 11.6 Å². The zero-order valence-electron chi connectivity index (χ0n) is 21.6. The molecule has 0 fully saturated rings. The van der Waals surface area contributed by atoms with Crippen LogP contribution in [0.5, 0.6) is 11.5 Å². The summed E-state index contributed by atoms with van der Waals surface area (Å²) in [7, 11) is 1.66. The highest BCUT2D eigenvalue weighted by molar-refractivity contribution is 6.19. The number of anilines is 1. The van der Waals surface area contributed by atoms with Gasteiger partial charge in [-0.3, -0.25) is 4.79 Å². The zero-order chi connectivity index (χ0) is 25.6. The highest BCUT2D eigenvalue weighted by atomic mass is 35.5. The molecule has 1 aliphatic heterocycles. The molecule has 0 aliphatic carbocycles. The number of rotatable bonds is 6. The molecule has 1 N–H and O–H groups in total. The quantitative estimate of drug-likeness (QED) is 0.277. The fourth-order valence-electron chi connectivity index (χ4n) is 5.19. The van der Waals surface area contributed by atoms with E-state index in [1.165, 1.54) is 5.56 Å². The predicted octanol–water partition coefficient (Wildman–Crippen LogP) is 7.44. The van der Waals surface area contributed by atoms with Crippen LogP contribution in [0.4, 0.5) is 5.69 Å². The molecule has 188 valence electrons. The molecule has 0 unspecified atom stereocenters. The highest BCUT2D eigenvalue weighted by Gasteiger charge is 2.36. The third-order valence-electron chi connectivity index (χ3n) is 6.73. The van der Waals surface area contributed by atoms with E-state index in [4.69, 9.17) is 21.1 Å². The lowest BCUT2D eigenvalue weighted by Gasteiger charge is -2.25. The van der Waals surface area contributed by atoms with E-state index in [2.05, 4.69) is 30.1 Å². The summed E-state index contributed by atoms with van der Waals surface area (Å²) >= 11 is 6.47. The number of methoxy groups -OCH3 is 1. The number of alkyl halides is 1. The Hall–Kier alpha value is -3.18. The molecule has 1 aromatic heterocycles. The Labute approximate surface area is 217 Å². The van der Waals surface area contributed by atoms with E-state index in [0.717, 1.165) is 57.3 Å². The molecule has 3 aromatic carbocycles. The van der Waals surface area contributed by atoms with Gasteiger partial charge in [-0.05, 0) is 80.1 Å². The van der Waals surface area contributed by atoms with E-state index in [9.17, 15) is 4.79 Å². The van der Waals surface area contributed by atoms with Gasteiger partial charge in [0.25, 0.3) is 5.91 Å². The van der Waals surface area contributed by atoms with Crippen molar-refractivity contribution in [2.75, 3.05) is 24.4 Å². The Morgan fingerprint density at radius 2 is 1.92 bits per heavy atom. The number of H-pyrrole nitrogens is 1. The summed E-state index contributed by atoms with van der Waals surface area (Å²) in [5, 5.41) is 3.05. The molecule has 5 nitrogen and oxygen atoms in total. The van der Waals surface area contributed by atoms with Gasteiger partial charge in [-0.25, -0.2) is 0 Å². The molecule has 2 heterocycles. The molecular formula is C30H33ClN2O3. The van der Waals surface area contributed by atoms with Crippen LogP contribution in [0, 0.1) is 0 Å². The Morgan fingerprint density at radius 3 is 2.61 bits per heavy atom. The predicted molar refractivity (Wildman–Crippen MR) is 148 cm³/mol. The number of aromatic nitrogens is 1. The van der Waals surface area contributed by atoms with Crippen LogP contribution in [-0.4, -0.2) is 36.0 Å². The molecule has 36 heavy (non-hydrogen) atoms. The average Bonchev–Trinajstić information content (AvgIpc) is 3.44. The first-order valence-corrected chi connectivity index (χ1v) is 13.1. The first-order chi connectivity index (χ1) is 17.2. The van der Waals surface area contributed by atoms with Crippen LogP contribution < -0.4 is 14.4 Å². The summed E-state index contributed by atoms with van der Waals surface area (Å²) in [6.07, 6.45) is 2.11. The normalized spacial score (nSPS) is 15.5. The second-order valence-corrected chi connectivity index (χ2v) is 10.9. The van der Waals surface area contributed by atoms with Crippen molar-refractivity contribution in [1.29, 1.82) is 0 Å². The Kier molecular flexibility index (Phi) is 6.37. The molecule has 0 saturated heterocycles. The lowest BCUT2D eigenvalue weighted by Crippen LogP contribution is -2.30. The summed E-state index contributed by atoms with van der Waals surface area (Å²) < 4.78 is 11.9. The fraction of sp³-hybridized carbons (Fsp3) is 0.367. The maximum atomic E-state index is 13.9. The van der Waals surface area contributed by atoms with Gasteiger partial charge in [-0.1, -0.05) is 19.4 Å². The van der Waals surface area contributed by atoms with Crippen LogP contribution in [0.3, 0.4) is 0 Å². The van der Waals surface area contributed by atoms with Crippen LogP contribution >= 0.6 is 11.6 Å². The standard InChI is InChI=1S/C30H33ClN2O3/c1-6-7-18-8-11-24-19(12-18)13-25(32-24)29(34)33-17-20(16-31)28-23-14-21(35-5)9-10-22(23)27(15-26(28)33)36-30(2,3)4/h8-15,20,32H,6-7,16-17H2,1-5H3/t20-/m1/s1. The average molecular weight is 505 g/mol. The number of nitrogens with one attached hydrogen (secondary N) is 1. The van der Waals surface area contributed by atoms with Gasteiger partial charge in [0.15, 0.2) is 0 Å². The van der Waals surface area contributed by atoms with Crippen molar-refractivity contribution in [2.24, 2.45) is 0 Å². The molecule has 0 saturated carbocycles. The number of halogens is 1. The minimum Gasteiger partial charge on any atom is -0.497 e. The lowest BCUT2D eigenvalue weighted by molar-refractivity contribution is 0.0984. The minimum absolute atomic E-state index is 0.00412. The minimum atomic E-state index is -0.395. The maximum Gasteiger partial charge on any atom is 0.274 e. The van der Waals surface area contributed by atoms with Crippen molar-refractivity contribution in [2.45, 2.75) is 52.1 Å². The van der Waals surface area contributed by atoms with E-state index in [1.807, 2.05) is 56.0 Å². The molecule has 4 aromatic rings. The largest absolute Gasteiger partial charge is 0.497 e. The van der Waals surface area contributed by atoms with E-state index >= 15 is 0 Å². The van der Waals surface area contributed by atoms with Gasteiger partial charge in [0.2, 0.25) is 0 Å². The number of ether oxygens (including phenoxy) is 2. The van der Waals surface area contributed by atoms with E-state index in [1.54, 1.807) is 7.11 Å². The number of aromatic amines is 1. The number of carbonyl (C=O) groups is 1. The van der Waals surface area contributed by atoms with Gasteiger partial charge in [-0.2, -0.15) is 0 Å². The van der Waals surface area contributed by atoms with E-state index < -0.39 is 5.60 Å². The monoisotopic (exact) mass is 504 g/mol. The summed E-state index contributed by atoms with van der Waals surface area (Å²) in [4.78, 5) is 19.1. The molecular weight excluding hydrogens is 472 g/mol. The van der Waals surface area contributed by atoms with Crippen LogP contribution in [0.15, 0.2) is 48.5 Å². The number of aryl methyl sites for hydroxylation is 1. The summed E-state index contributed by atoms with van der Waals surface area (Å²) in [6.45, 7) is 8.76. The Morgan fingerprint density at radius 1 is 1.11 bits per heavy atom. The van der Waals surface area contributed by atoms with E-state index in [0.29, 0.717) is 18.1 Å². The number of hydrogen-bond donors (Lipinski definition) is 1. The summed E-state index contributed by atoms with van der Waals surface area (Å²) in [6, 6.07) is 16.3. The van der Waals surface area contributed by atoms with E-state index in [-0.39, 0.29) is 11.8 Å². The molecule has 1 amide bonds. The number of benzene rings is 3. The SMILES string of the molecule is CCCc1ccc2[nH]c(C(=O)N3C[C@@H](CCl)c4c3cc(OC(C)(C)C)c3ccc(OC)cc43)cc2c1. The summed E-state index contributed by atoms with van der Waals surface area (Å²) in [5.41, 5.74) is 4.33. The van der Waals surface area contributed by atoms with Gasteiger partial charge in [0.1, 0.15) is 22.8 Å². The molecule has 5 rings (SSSR count). The topological polar surface area (TPSA) is 54.6 Å². The third kappa shape index (κ3) is 4.41. The summed E-state index contributed by atoms with van der Waals surface area (Å²) in [5.74, 6) is 1.85. The molecule has 0 bridgehead atoms. The van der Waals surface area contributed by atoms with Crippen molar-refractivity contribution in [3.63, 3.8) is 0 Å². The zero-order valence-corrected chi connectivity index (χ0v) is 22.3. The van der Waals surface area contributed by atoms with Crippen molar-refractivity contribution >= 4 is 44.9 Å². The smallest absolute Gasteiger partial charge is 0.274 e. The van der Waals surface area contributed by atoms with Crippen LogP contribution in [0.1, 0.15) is 61.6 Å². The van der Waals surface area contributed by atoms with Crippen molar-refractivity contribution in [1.82, 2.24) is 4.98 Å². The second kappa shape index (κ2) is 9.36. The molecule has 6 heteroatoms.